The normalized spacial score (nSPS) is 17.0. The molecular weight excluding hydrogens is 464 g/mol. The van der Waals surface area contributed by atoms with E-state index in [0.29, 0.717) is 37.9 Å². The summed E-state index contributed by atoms with van der Waals surface area (Å²) in [5.74, 6) is -0.254. The lowest BCUT2D eigenvalue weighted by Gasteiger charge is -2.30. The van der Waals surface area contributed by atoms with Crippen molar-refractivity contribution in [3.05, 3.63) is 33.4 Å². The molecule has 0 aliphatic carbocycles. The maximum Gasteiger partial charge on any atom is 0.347 e. The molecule has 1 heterocycles. The Hall–Kier alpha value is -2.33. The van der Waals surface area contributed by atoms with Crippen LogP contribution in [0.5, 0.6) is 11.5 Å². The number of nitrogens with one attached hydrogen (secondary N) is 2. The largest absolute Gasteiger partial charge is 0.493 e. The number of hydrogen-bond donors (Lipinski definition) is 2. The summed E-state index contributed by atoms with van der Waals surface area (Å²) in [7, 11) is 2.80. The molecule has 0 bridgehead atoms. The zero-order valence-electron chi connectivity index (χ0n) is 16.8. The van der Waals surface area contributed by atoms with Crippen molar-refractivity contribution in [3.63, 3.8) is 0 Å². The maximum absolute atomic E-state index is 12.3. The molecule has 0 amide bonds. The van der Waals surface area contributed by atoms with Crippen LogP contribution in [0.2, 0.25) is 0 Å². The van der Waals surface area contributed by atoms with Crippen molar-refractivity contribution in [2.45, 2.75) is 32.9 Å². The molecule has 2 N–H and O–H groups in total. The van der Waals surface area contributed by atoms with Crippen LogP contribution in [-0.2, 0) is 19.1 Å². The van der Waals surface area contributed by atoms with Gasteiger partial charge in [-0.1, -0.05) is 0 Å². The Balaban J connectivity index is 2.46. The molecular formula is C19H23BrN2O6S. The smallest absolute Gasteiger partial charge is 0.347 e. The quantitative estimate of drug-likeness (QED) is 0.445. The summed E-state index contributed by atoms with van der Waals surface area (Å²) in [5, 5.41) is 6.38. The van der Waals surface area contributed by atoms with Crippen LogP contribution in [0.3, 0.4) is 0 Å². The number of thiocarbonyl (C=S) groups is 1. The van der Waals surface area contributed by atoms with Crippen LogP contribution >= 0.6 is 28.1 Å². The highest BCUT2D eigenvalue weighted by Gasteiger charge is 2.32. The van der Waals surface area contributed by atoms with E-state index in [1.54, 1.807) is 32.9 Å². The molecule has 2 atom stereocenters. The van der Waals surface area contributed by atoms with Crippen molar-refractivity contribution in [2.24, 2.45) is 0 Å². The maximum atomic E-state index is 12.3. The summed E-state index contributed by atoms with van der Waals surface area (Å²) in [6.07, 6.45) is -0.830. The minimum atomic E-state index is -0.830. The predicted octanol–water partition coefficient (Wildman–Crippen LogP) is 2.75. The minimum Gasteiger partial charge on any atom is -0.493 e. The molecule has 0 spiro atoms. The number of carbonyl (C=O) groups is 2. The summed E-state index contributed by atoms with van der Waals surface area (Å²) in [6.45, 7) is 5.32. The lowest BCUT2D eigenvalue weighted by molar-refractivity contribution is -0.150. The lowest BCUT2D eigenvalue weighted by atomic mass is 9.95. The van der Waals surface area contributed by atoms with Crippen molar-refractivity contribution in [3.8, 4) is 11.5 Å². The highest BCUT2D eigenvalue weighted by Crippen LogP contribution is 2.40. The van der Waals surface area contributed by atoms with Gasteiger partial charge in [0.15, 0.2) is 22.7 Å². The standard InChI is InChI=1S/C19H23BrN2O6S/c1-6-27-17(23)10(3)28-16-12(20)7-11(8-13(16)25-4)15-14(18(24)26-5)9(2)21-19(29)22-15/h7-8,10,15H,6H2,1-5H3,(H2,21,22,29)/t10-,15+/m0/s1. The van der Waals surface area contributed by atoms with E-state index < -0.39 is 24.1 Å². The van der Waals surface area contributed by atoms with Crippen molar-refractivity contribution in [1.29, 1.82) is 0 Å². The SMILES string of the molecule is CCOC(=O)[C@H](C)Oc1c(Br)cc([C@H]2NC(=S)NC(C)=C2C(=O)OC)cc1OC. The molecule has 10 heteroatoms. The third-order valence-corrected chi connectivity index (χ3v) is 4.98. The fourth-order valence-electron chi connectivity index (χ4n) is 2.83. The molecule has 29 heavy (non-hydrogen) atoms. The topological polar surface area (TPSA) is 95.1 Å². The van der Waals surface area contributed by atoms with E-state index in [0.717, 1.165) is 0 Å². The highest BCUT2D eigenvalue weighted by atomic mass is 79.9. The second-order valence-electron chi connectivity index (χ2n) is 6.11. The molecule has 158 valence electrons. The number of halogens is 1. The van der Waals surface area contributed by atoms with E-state index in [4.69, 9.17) is 31.2 Å². The average Bonchev–Trinajstić information content (AvgIpc) is 2.68. The molecule has 0 aromatic heterocycles. The zero-order chi connectivity index (χ0) is 21.7. The van der Waals surface area contributed by atoms with Gasteiger partial charge >= 0.3 is 11.9 Å². The van der Waals surface area contributed by atoms with Gasteiger partial charge in [0.25, 0.3) is 0 Å². The van der Waals surface area contributed by atoms with Crippen molar-refractivity contribution < 1.29 is 28.5 Å². The average molecular weight is 487 g/mol. The van der Waals surface area contributed by atoms with Crippen LogP contribution in [0.25, 0.3) is 0 Å². The third-order valence-electron chi connectivity index (χ3n) is 4.17. The Bertz CT molecular complexity index is 857. The molecule has 1 aromatic rings. The van der Waals surface area contributed by atoms with Crippen LogP contribution in [0.1, 0.15) is 32.4 Å². The van der Waals surface area contributed by atoms with E-state index in [1.165, 1.54) is 14.2 Å². The molecule has 2 rings (SSSR count). The minimum absolute atomic E-state index is 0.257. The number of ether oxygens (including phenoxy) is 4. The summed E-state index contributed by atoms with van der Waals surface area (Å²) in [4.78, 5) is 24.2. The molecule has 0 unspecified atom stereocenters. The summed E-state index contributed by atoms with van der Waals surface area (Å²) >= 11 is 8.70. The molecule has 8 nitrogen and oxygen atoms in total. The van der Waals surface area contributed by atoms with Crippen LogP contribution in [0, 0.1) is 0 Å². The van der Waals surface area contributed by atoms with Gasteiger partial charge in [0.05, 0.1) is 36.9 Å². The van der Waals surface area contributed by atoms with Gasteiger partial charge in [-0.05, 0) is 66.6 Å². The molecule has 1 aromatic carbocycles. The highest BCUT2D eigenvalue weighted by molar-refractivity contribution is 9.10. The Morgan fingerprint density at radius 1 is 1.31 bits per heavy atom. The van der Waals surface area contributed by atoms with Gasteiger partial charge in [-0.25, -0.2) is 9.59 Å². The third kappa shape index (κ3) is 5.18. The number of rotatable bonds is 7. The fourth-order valence-corrected chi connectivity index (χ4v) is 3.65. The van der Waals surface area contributed by atoms with Gasteiger partial charge in [-0.15, -0.1) is 0 Å². The van der Waals surface area contributed by atoms with Crippen LogP contribution < -0.4 is 20.1 Å². The first-order chi connectivity index (χ1) is 13.7. The molecule has 1 aliphatic heterocycles. The predicted molar refractivity (Wildman–Crippen MR) is 114 cm³/mol. The van der Waals surface area contributed by atoms with Gasteiger partial charge in [0, 0.05) is 5.70 Å². The number of benzene rings is 1. The molecule has 0 saturated heterocycles. The van der Waals surface area contributed by atoms with Gasteiger partial charge in [0.1, 0.15) is 0 Å². The summed E-state index contributed by atoms with van der Waals surface area (Å²) in [6, 6.07) is 2.91. The van der Waals surface area contributed by atoms with Gasteiger partial charge in [-0.2, -0.15) is 0 Å². The molecule has 0 saturated carbocycles. The van der Waals surface area contributed by atoms with Gasteiger partial charge < -0.3 is 29.6 Å². The van der Waals surface area contributed by atoms with E-state index in [-0.39, 0.29) is 6.61 Å². The fraction of sp³-hybridized carbons (Fsp3) is 0.421. The summed E-state index contributed by atoms with van der Waals surface area (Å²) < 4.78 is 21.6. The van der Waals surface area contributed by atoms with Crippen molar-refractivity contribution in [2.75, 3.05) is 20.8 Å². The Kier molecular flexibility index (Phi) is 7.86. The Labute approximate surface area is 183 Å². The number of esters is 2. The first-order valence-electron chi connectivity index (χ1n) is 8.80. The van der Waals surface area contributed by atoms with E-state index in [2.05, 4.69) is 26.6 Å². The second kappa shape index (κ2) is 9.93. The number of carbonyl (C=O) groups excluding carboxylic acids is 2. The van der Waals surface area contributed by atoms with Crippen LogP contribution in [0.4, 0.5) is 0 Å². The zero-order valence-corrected chi connectivity index (χ0v) is 19.2. The lowest BCUT2D eigenvalue weighted by Crippen LogP contribution is -2.45. The van der Waals surface area contributed by atoms with Crippen molar-refractivity contribution in [1.82, 2.24) is 10.6 Å². The second-order valence-corrected chi connectivity index (χ2v) is 7.37. The Morgan fingerprint density at radius 3 is 2.59 bits per heavy atom. The first-order valence-corrected chi connectivity index (χ1v) is 10.0. The van der Waals surface area contributed by atoms with E-state index >= 15 is 0 Å². The first kappa shape index (κ1) is 23.0. The number of hydrogen-bond acceptors (Lipinski definition) is 7. The molecule has 0 radical (unpaired) electrons. The van der Waals surface area contributed by atoms with Gasteiger partial charge in [0.2, 0.25) is 0 Å². The molecule has 0 fully saturated rings. The summed E-state index contributed by atoms with van der Waals surface area (Å²) in [5.41, 5.74) is 1.68. The monoisotopic (exact) mass is 486 g/mol. The number of allylic oxidation sites excluding steroid dienone is 1. The van der Waals surface area contributed by atoms with E-state index in [1.807, 2.05) is 0 Å². The van der Waals surface area contributed by atoms with Crippen LogP contribution in [-0.4, -0.2) is 44.0 Å². The van der Waals surface area contributed by atoms with Crippen LogP contribution in [0.15, 0.2) is 27.9 Å². The van der Waals surface area contributed by atoms with Crippen molar-refractivity contribution >= 4 is 45.2 Å². The van der Waals surface area contributed by atoms with E-state index in [9.17, 15) is 9.59 Å². The molecule has 1 aliphatic rings. The Morgan fingerprint density at radius 2 is 2.00 bits per heavy atom. The van der Waals surface area contributed by atoms with Gasteiger partial charge in [-0.3, -0.25) is 0 Å². The number of methoxy groups -OCH3 is 2.